The Kier molecular flexibility index (Phi) is 4.62. The topological polar surface area (TPSA) is 15.3 Å². The molecule has 4 heteroatoms. The van der Waals surface area contributed by atoms with Crippen LogP contribution in [0.3, 0.4) is 0 Å². The number of hydrogen-bond donors (Lipinski definition) is 1. The second-order valence-corrected chi connectivity index (χ2v) is 7.71. The summed E-state index contributed by atoms with van der Waals surface area (Å²) in [4.78, 5) is 4.25. The number of likely N-dealkylation sites (tertiary alicyclic amines) is 1. The van der Waals surface area contributed by atoms with E-state index in [2.05, 4.69) is 44.5 Å². The summed E-state index contributed by atoms with van der Waals surface area (Å²) < 4.78 is 1.23. The highest BCUT2D eigenvalue weighted by molar-refractivity contribution is 9.10. The largest absolute Gasteiger partial charge is 0.312 e. The molecule has 0 saturated carbocycles. The van der Waals surface area contributed by atoms with Crippen molar-refractivity contribution in [3.63, 3.8) is 0 Å². The molecule has 3 heterocycles. The Balaban J connectivity index is 1.75. The molecule has 106 valence electrons. The van der Waals surface area contributed by atoms with E-state index < -0.39 is 0 Å². The third-order valence-corrected chi connectivity index (χ3v) is 6.52. The molecule has 1 N–H and O–H groups in total. The Bertz CT molecular complexity index is 414. The first-order valence-electron chi connectivity index (χ1n) is 7.49. The molecule has 0 radical (unpaired) electrons. The van der Waals surface area contributed by atoms with Crippen LogP contribution >= 0.6 is 27.3 Å². The van der Waals surface area contributed by atoms with E-state index in [1.54, 1.807) is 0 Å². The van der Waals surface area contributed by atoms with Crippen molar-refractivity contribution >= 4 is 27.3 Å². The average Bonchev–Trinajstić information content (AvgIpc) is 3.09. The van der Waals surface area contributed by atoms with Crippen molar-refractivity contribution in [3.05, 3.63) is 20.8 Å². The highest BCUT2D eigenvalue weighted by Crippen LogP contribution is 2.35. The van der Waals surface area contributed by atoms with Crippen molar-refractivity contribution in [2.24, 2.45) is 0 Å². The van der Waals surface area contributed by atoms with Gasteiger partial charge in [-0.3, -0.25) is 4.90 Å². The summed E-state index contributed by atoms with van der Waals surface area (Å²) in [6, 6.07) is 4.32. The molecule has 3 atom stereocenters. The van der Waals surface area contributed by atoms with Crippen LogP contribution < -0.4 is 5.32 Å². The maximum absolute atomic E-state index is 3.72. The van der Waals surface area contributed by atoms with Crippen LogP contribution in [0.4, 0.5) is 0 Å². The molecule has 0 bridgehead atoms. The van der Waals surface area contributed by atoms with Gasteiger partial charge in [-0.15, -0.1) is 11.3 Å². The fourth-order valence-corrected chi connectivity index (χ4v) is 5.17. The van der Waals surface area contributed by atoms with E-state index in [9.17, 15) is 0 Å². The summed E-state index contributed by atoms with van der Waals surface area (Å²) in [5.74, 6) is 0. The van der Waals surface area contributed by atoms with Gasteiger partial charge in [0, 0.05) is 32.9 Å². The van der Waals surface area contributed by atoms with Gasteiger partial charge in [0.05, 0.1) is 0 Å². The van der Waals surface area contributed by atoms with Crippen LogP contribution in [-0.2, 0) is 0 Å². The molecule has 2 saturated heterocycles. The summed E-state index contributed by atoms with van der Waals surface area (Å²) in [6.07, 6.45) is 6.85. The molecule has 1 aromatic heterocycles. The van der Waals surface area contributed by atoms with Gasteiger partial charge in [-0.05, 0) is 67.7 Å². The van der Waals surface area contributed by atoms with Crippen LogP contribution in [0.1, 0.15) is 49.9 Å². The highest BCUT2D eigenvalue weighted by atomic mass is 79.9. The molecule has 0 amide bonds. The lowest BCUT2D eigenvalue weighted by Crippen LogP contribution is -2.50. The van der Waals surface area contributed by atoms with Crippen LogP contribution in [-0.4, -0.2) is 30.1 Å². The van der Waals surface area contributed by atoms with Gasteiger partial charge < -0.3 is 5.32 Å². The lowest BCUT2D eigenvalue weighted by atomic mass is 9.93. The first kappa shape index (κ1) is 14.1. The monoisotopic (exact) mass is 342 g/mol. The Labute approximate surface area is 128 Å². The number of piperidine rings is 1. The number of thiophene rings is 1. The van der Waals surface area contributed by atoms with Crippen molar-refractivity contribution < 1.29 is 0 Å². The fourth-order valence-electron chi connectivity index (χ4n) is 3.64. The molecule has 1 aromatic rings. The maximum atomic E-state index is 3.72. The van der Waals surface area contributed by atoms with Crippen molar-refractivity contribution in [1.29, 1.82) is 0 Å². The molecule has 2 aliphatic rings. The molecule has 0 aliphatic carbocycles. The zero-order valence-corrected chi connectivity index (χ0v) is 14.0. The molecule has 19 heavy (non-hydrogen) atoms. The van der Waals surface area contributed by atoms with Gasteiger partial charge in [0.2, 0.25) is 0 Å². The molecule has 0 aromatic carbocycles. The van der Waals surface area contributed by atoms with E-state index in [1.807, 2.05) is 11.3 Å². The SMILES string of the molecule is CC(c1cc(Br)cs1)N1CCCCC1C1CCCN1. The van der Waals surface area contributed by atoms with E-state index in [-0.39, 0.29) is 0 Å². The first-order valence-corrected chi connectivity index (χ1v) is 9.16. The van der Waals surface area contributed by atoms with E-state index in [1.165, 1.54) is 54.5 Å². The molecular weight excluding hydrogens is 320 g/mol. The van der Waals surface area contributed by atoms with E-state index in [4.69, 9.17) is 0 Å². The van der Waals surface area contributed by atoms with Crippen molar-refractivity contribution in [2.45, 2.75) is 57.2 Å². The molecule has 3 rings (SSSR count). The number of rotatable bonds is 3. The van der Waals surface area contributed by atoms with Crippen molar-refractivity contribution in [1.82, 2.24) is 10.2 Å². The maximum Gasteiger partial charge on any atom is 0.0417 e. The lowest BCUT2D eigenvalue weighted by molar-refractivity contribution is 0.0817. The highest BCUT2D eigenvalue weighted by Gasteiger charge is 2.34. The Morgan fingerprint density at radius 1 is 1.37 bits per heavy atom. The number of halogens is 1. The zero-order chi connectivity index (χ0) is 13.2. The minimum atomic E-state index is 0.559. The van der Waals surface area contributed by atoms with Crippen LogP contribution in [0.15, 0.2) is 15.9 Å². The quantitative estimate of drug-likeness (QED) is 0.886. The molecule has 2 fully saturated rings. The van der Waals surface area contributed by atoms with Gasteiger partial charge >= 0.3 is 0 Å². The Morgan fingerprint density at radius 3 is 2.95 bits per heavy atom. The summed E-state index contributed by atoms with van der Waals surface area (Å²) in [7, 11) is 0. The van der Waals surface area contributed by atoms with Gasteiger partial charge in [-0.1, -0.05) is 6.42 Å². The predicted molar refractivity (Wildman–Crippen MR) is 85.8 cm³/mol. The van der Waals surface area contributed by atoms with Crippen LogP contribution in [0, 0.1) is 0 Å². The van der Waals surface area contributed by atoms with Gasteiger partial charge in [0.1, 0.15) is 0 Å². The Morgan fingerprint density at radius 2 is 2.26 bits per heavy atom. The molecule has 3 unspecified atom stereocenters. The molecular formula is C15H23BrN2S. The standard InChI is InChI=1S/C15H23BrN2S/c1-11(15-9-12(16)10-19-15)18-8-3-2-6-14(18)13-5-4-7-17-13/h9-11,13-14,17H,2-8H2,1H3. The number of hydrogen-bond acceptors (Lipinski definition) is 3. The second-order valence-electron chi connectivity index (χ2n) is 5.85. The average molecular weight is 343 g/mol. The van der Waals surface area contributed by atoms with E-state index >= 15 is 0 Å². The van der Waals surface area contributed by atoms with E-state index in [0.29, 0.717) is 6.04 Å². The lowest BCUT2D eigenvalue weighted by Gasteiger charge is -2.42. The van der Waals surface area contributed by atoms with E-state index in [0.717, 1.165) is 12.1 Å². The first-order chi connectivity index (χ1) is 9.25. The summed E-state index contributed by atoms with van der Waals surface area (Å²) in [6.45, 7) is 4.86. The molecule has 2 nitrogen and oxygen atoms in total. The third-order valence-electron chi connectivity index (χ3n) is 4.65. The fraction of sp³-hybridized carbons (Fsp3) is 0.733. The number of nitrogens with one attached hydrogen (secondary N) is 1. The predicted octanol–water partition coefficient (Wildman–Crippen LogP) is 4.18. The second kappa shape index (κ2) is 6.25. The van der Waals surface area contributed by atoms with Gasteiger partial charge in [-0.2, -0.15) is 0 Å². The van der Waals surface area contributed by atoms with Crippen LogP contribution in [0.25, 0.3) is 0 Å². The third kappa shape index (κ3) is 3.07. The smallest absolute Gasteiger partial charge is 0.0417 e. The molecule has 2 aliphatic heterocycles. The van der Waals surface area contributed by atoms with Crippen molar-refractivity contribution in [3.8, 4) is 0 Å². The zero-order valence-electron chi connectivity index (χ0n) is 11.6. The van der Waals surface area contributed by atoms with Gasteiger partial charge in [0.25, 0.3) is 0 Å². The van der Waals surface area contributed by atoms with Gasteiger partial charge in [0.15, 0.2) is 0 Å². The normalized spacial score (nSPS) is 30.6. The minimum Gasteiger partial charge on any atom is -0.312 e. The molecule has 0 spiro atoms. The van der Waals surface area contributed by atoms with Crippen LogP contribution in [0.5, 0.6) is 0 Å². The van der Waals surface area contributed by atoms with Crippen LogP contribution in [0.2, 0.25) is 0 Å². The summed E-state index contributed by atoms with van der Waals surface area (Å²) in [5.41, 5.74) is 0. The summed E-state index contributed by atoms with van der Waals surface area (Å²) >= 11 is 5.47. The van der Waals surface area contributed by atoms with Crippen molar-refractivity contribution in [2.75, 3.05) is 13.1 Å². The summed E-state index contributed by atoms with van der Waals surface area (Å²) in [5, 5.41) is 5.93. The number of nitrogens with zero attached hydrogens (tertiary/aromatic N) is 1. The minimum absolute atomic E-state index is 0.559. The van der Waals surface area contributed by atoms with Gasteiger partial charge in [-0.25, -0.2) is 0 Å². The Hall–Kier alpha value is 0.1000.